The minimum absolute atomic E-state index is 0. The van der Waals surface area contributed by atoms with Crippen molar-refractivity contribution in [2.24, 2.45) is 11.8 Å². The first-order chi connectivity index (χ1) is 9.25. The molecule has 1 heterocycles. The number of halogens is 1. The second kappa shape index (κ2) is 6.59. The lowest BCUT2D eigenvalue weighted by molar-refractivity contribution is -0.125. The highest BCUT2D eigenvalue weighted by Gasteiger charge is 2.32. The van der Waals surface area contributed by atoms with Crippen molar-refractivity contribution in [1.29, 1.82) is 0 Å². The van der Waals surface area contributed by atoms with E-state index in [2.05, 4.69) is 41.8 Å². The van der Waals surface area contributed by atoms with Gasteiger partial charge in [0.05, 0.1) is 0 Å². The van der Waals surface area contributed by atoms with Crippen molar-refractivity contribution in [1.82, 2.24) is 10.6 Å². The highest BCUT2D eigenvalue weighted by Crippen LogP contribution is 2.36. The molecule has 1 aliphatic heterocycles. The molecule has 0 spiro atoms. The van der Waals surface area contributed by atoms with Crippen molar-refractivity contribution in [2.75, 3.05) is 13.1 Å². The Bertz CT molecular complexity index is 473. The van der Waals surface area contributed by atoms with E-state index < -0.39 is 0 Å². The average Bonchev–Trinajstić information content (AvgIpc) is 3.28. The van der Waals surface area contributed by atoms with E-state index in [4.69, 9.17) is 0 Å². The Morgan fingerprint density at radius 1 is 1.40 bits per heavy atom. The Hall–Kier alpha value is -1.06. The zero-order chi connectivity index (χ0) is 13.2. The molecule has 110 valence electrons. The van der Waals surface area contributed by atoms with Gasteiger partial charge in [0.2, 0.25) is 5.91 Å². The van der Waals surface area contributed by atoms with E-state index in [1.54, 1.807) is 0 Å². The predicted molar refractivity (Wildman–Crippen MR) is 83.0 cm³/mol. The van der Waals surface area contributed by atoms with Crippen LogP contribution in [0.5, 0.6) is 0 Å². The summed E-state index contributed by atoms with van der Waals surface area (Å²) in [5, 5.41) is 6.61. The Morgan fingerprint density at radius 2 is 2.15 bits per heavy atom. The summed E-state index contributed by atoms with van der Waals surface area (Å²) in [6, 6.07) is 8.79. The van der Waals surface area contributed by atoms with Crippen LogP contribution < -0.4 is 10.6 Å². The third-order valence-corrected chi connectivity index (χ3v) is 4.44. The van der Waals surface area contributed by atoms with Crippen LogP contribution in [0.15, 0.2) is 24.3 Å². The van der Waals surface area contributed by atoms with E-state index >= 15 is 0 Å². The summed E-state index contributed by atoms with van der Waals surface area (Å²) in [5.74, 6) is 1.03. The fourth-order valence-corrected chi connectivity index (χ4v) is 2.95. The van der Waals surface area contributed by atoms with E-state index in [-0.39, 0.29) is 30.3 Å². The van der Waals surface area contributed by atoms with Crippen LogP contribution in [0, 0.1) is 11.8 Å². The Kier molecular flexibility index (Phi) is 5.06. The first kappa shape index (κ1) is 15.3. The molecule has 0 radical (unpaired) electrons. The maximum Gasteiger partial charge on any atom is 0.223 e. The molecule has 2 N–H and O–H groups in total. The van der Waals surface area contributed by atoms with Gasteiger partial charge in [-0.25, -0.2) is 0 Å². The number of carbonyl (C=O) groups excluding carboxylic acids is 1. The molecule has 4 heteroatoms. The van der Waals surface area contributed by atoms with E-state index in [0.29, 0.717) is 12.5 Å². The minimum atomic E-state index is 0. The van der Waals surface area contributed by atoms with E-state index in [1.807, 2.05) is 0 Å². The largest absolute Gasteiger partial charge is 0.354 e. The molecule has 20 heavy (non-hydrogen) atoms. The fraction of sp³-hybridized carbons (Fsp3) is 0.562. The smallest absolute Gasteiger partial charge is 0.223 e. The SMILES string of the molecule is CC(C(=O)NCC1NCCc2ccccc21)C1CC1.Cl. The summed E-state index contributed by atoms with van der Waals surface area (Å²) in [6.45, 7) is 3.75. The summed E-state index contributed by atoms with van der Waals surface area (Å²) >= 11 is 0. The van der Waals surface area contributed by atoms with Gasteiger partial charge in [-0.15, -0.1) is 12.4 Å². The van der Waals surface area contributed by atoms with Crippen molar-refractivity contribution < 1.29 is 4.79 Å². The standard InChI is InChI=1S/C16H22N2O.ClH/c1-11(12-6-7-12)16(19)18-10-15-14-5-3-2-4-13(14)8-9-17-15;/h2-5,11-12,15,17H,6-10H2,1H3,(H,18,19);1H. The average molecular weight is 295 g/mol. The third kappa shape index (κ3) is 3.33. The maximum atomic E-state index is 12.0. The van der Waals surface area contributed by atoms with Gasteiger partial charge in [0, 0.05) is 18.5 Å². The van der Waals surface area contributed by atoms with E-state index in [9.17, 15) is 4.79 Å². The Morgan fingerprint density at radius 3 is 2.90 bits per heavy atom. The molecule has 1 aliphatic carbocycles. The van der Waals surface area contributed by atoms with Gasteiger partial charge in [-0.1, -0.05) is 31.2 Å². The zero-order valence-corrected chi connectivity index (χ0v) is 12.7. The molecule has 2 unspecified atom stereocenters. The number of rotatable bonds is 4. The minimum Gasteiger partial charge on any atom is -0.354 e. The number of hydrogen-bond donors (Lipinski definition) is 2. The number of benzene rings is 1. The quantitative estimate of drug-likeness (QED) is 0.896. The summed E-state index contributed by atoms with van der Waals surface area (Å²) in [5.41, 5.74) is 2.75. The van der Waals surface area contributed by atoms with Crippen molar-refractivity contribution in [3.8, 4) is 0 Å². The highest BCUT2D eigenvalue weighted by atomic mass is 35.5. The number of fused-ring (bicyclic) bond motifs is 1. The Labute approximate surface area is 126 Å². The second-order valence-corrected chi connectivity index (χ2v) is 5.83. The van der Waals surface area contributed by atoms with Crippen LogP contribution in [-0.2, 0) is 11.2 Å². The summed E-state index contributed by atoms with van der Waals surface area (Å²) in [7, 11) is 0. The normalized spacial score (nSPS) is 22.4. The van der Waals surface area contributed by atoms with Crippen LogP contribution in [0.4, 0.5) is 0 Å². The molecular formula is C16H23ClN2O. The lowest BCUT2D eigenvalue weighted by Gasteiger charge is -2.27. The van der Waals surface area contributed by atoms with Crippen molar-refractivity contribution in [3.63, 3.8) is 0 Å². The molecule has 1 saturated carbocycles. The third-order valence-electron chi connectivity index (χ3n) is 4.44. The molecule has 3 nitrogen and oxygen atoms in total. The number of amides is 1. The first-order valence-electron chi connectivity index (χ1n) is 7.34. The lowest BCUT2D eigenvalue weighted by atomic mass is 9.94. The van der Waals surface area contributed by atoms with Crippen LogP contribution in [0.2, 0.25) is 0 Å². The summed E-state index contributed by atoms with van der Waals surface area (Å²) in [4.78, 5) is 12.0. The zero-order valence-electron chi connectivity index (χ0n) is 11.9. The van der Waals surface area contributed by atoms with Gasteiger partial charge in [-0.05, 0) is 42.9 Å². The van der Waals surface area contributed by atoms with Gasteiger partial charge in [-0.3, -0.25) is 4.79 Å². The molecule has 0 aromatic heterocycles. The summed E-state index contributed by atoms with van der Waals surface area (Å²) in [6.07, 6.45) is 3.53. The monoisotopic (exact) mass is 294 g/mol. The molecule has 2 aliphatic rings. The van der Waals surface area contributed by atoms with Gasteiger partial charge < -0.3 is 10.6 Å². The van der Waals surface area contributed by atoms with E-state index in [1.165, 1.54) is 24.0 Å². The predicted octanol–water partition coefficient (Wildman–Crippen LogP) is 2.46. The number of nitrogens with one attached hydrogen (secondary N) is 2. The molecule has 1 aromatic rings. The molecule has 1 fully saturated rings. The number of hydrogen-bond acceptors (Lipinski definition) is 2. The summed E-state index contributed by atoms with van der Waals surface area (Å²) < 4.78 is 0. The molecule has 2 atom stereocenters. The van der Waals surface area contributed by atoms with Gasteiger partial charge in [-0.2, -0.15) is 0 Å². The topological polar surface area (TPSA) is 41.1 Å². The van der Waals surface area contributed by atoms with Crippen LogP contribution >= 0.6 is 12.4 Å². The highest BCUT2D eigenvalue weighted by molar-refractivity contribution is 5.85. The second-order valence-electron chi connectivity index (χ2n) is 5.83. The van der Waals surface area contributed by atoms with E-state index in [0.717, 1.165) is 13.0 Å². The lowest BCUT2D eigenvalue weighted by Crippen LogP contribution is -2.40. The molecule has 3 rings (SSSR count). The molecule has 1 amide bonds. The molecule has 1 aromatic carbocycles. The maximum absolute atomic E-state index is 12.0. The van der Waals surface area contributed by atoms with Crippen LogP contribution in [0.25, 0.3) is 0 Å². The van der Waals surface area contributed by atoms with Crippen LogP contribution in [0.3, 0.4) is 0 Å². The van der Waals surface area contributed by atoms with Crippen molar-refractivity contribution in [2.45, 2.75) is 32.2 Å². The van der Waals surface area contributed by atoms with Gasteiger partial charge in [0.1, 0.15) is 0 Å². The molecular weight excluding hydrogens is 272 g/mol. The van der Waals surface area contributed by atoms with Crippen molar-refractivity contribution in [3.05, 3.63) is 35.4 Å². The first-order valence-corrected chi connectivity index (χ1v) is 7.34. The fourth-order valence-electron chi connectivity index (χ4n) is 2.95. The van der Waals surface area contributed by atoms with Crippen LogP contribution in [-0.4, -0.2) is 19.0 Å². The van der Waals surface area contributed by atoms with Gasteiger partial charge in [0.25, 0.3) is 0 Å². The number of carbonyl (C=O) groups is 1. The van der Waals surface area contributed by atoms with Crippen LogP contribution in [0.1, 0.15) is 36.9 Å². The van der Waals surface area contributed by atoms with Crippen molar-refractivity contribution >= 4 is 18.3 Å². The Balaban J connectivity index is 0.00000147. The van der Waals surface area contributed by atoms with Gasteiger partial charge >= 0.3 is 0 Å². The molecule has 0 saturated heterocycles. The van der Waals surface area contributed by atoms with Gasteiger partial charge in [0.15, 0.2) is 0 Å². The molecule has 0 bridgehead atoms.